The Balaban J connectivity index is 2.17. The van der Waals surface area contributed by atoms with Gasteiger partial charge in [0.1, 0.15) is 5.82 Å². The maximum atomic E-state index is 11.2. The van der Waals surface area contributed by atoms with Gasteiger partial charge in [0, 0.05) is 11.3 Å². The lowest BCUT2D eigenvalue weighted by Gasteiger charge is -2.05. The highest BCUT2D eigenvalue weighted by molar-refractivity contribution is 8.04. The van der Waals surface area contributed by atoms with E-state index in [-0.39, 0.29) is 4.91 Å². The first-order chi connectivity index (χ1) is 9.69. The molecule has 0 atom stereocenters. The molecule has 0 aliphatic carbocycles. The molecule has 1 heterocycles. The predicted octanol–water partition coefficient (Wildman–Crippen LogP) is 1.64. The molecule has 0 saturated heterocycles. The molecule has 2 rings (SSSR count). The van der Waals surface area contributed by atoms with Crippen molar-refractivity contribution in [2.45, 2.75) is 24.9 Å². The topological polar surface area (TPSA) is 81.7 Å². The normalized spacial score (nSPS) is 11.6. The molecule has 0 saturated carbocycles. The summed E-state index contributed by atoms with van der Waals surface area (Å²) in [5.41, 5.74) is 0.795. The molecule has 1 aromatic heterocycles. The average Bonchev–Trinajstić information content (AvgIpc) is 2.87. The zero-order chi connectivity index (χ0) is 14.4. The molecule has 0 aliphatic heterocycles. The monoisotopic (exact) mass is 288 g/mol. The van der Waals surface area contributed by atoms with E-state index in [0.29, 0.717) is 5.16 Å². The summed E-state index contributed by atoms with van der Waals surface area (Å²) in [5.74, 6) is -0.479. The number of carbonyl (C=O) groups is 1. The second kappa shape index (κ2) is 6.91. The van der Waals surface area contributed by atoms with E-state index in [0.717, 1.165) is 36.0 Å². The van der Waals surface area contributed by atoms with Gasteiger partial charge in [0.25, 0.3) is 0 Å². The van der Waals surface area contributed by atoms with Crippen LogP contribution in [0.4, 0.5) is 0 Å². The molecule has 0 aliphatic rings. The summed E-state index contributed by atoms with van der Waals surface area (Å²) >= 11 is 0.984. The van der Waals surface area contributed by atoms with Crippen LogP contribution >= 0.6 is 11.8 Å². The van der Waals surface area contributed by atoms with Crippen LogP contribution in [0.5, 0.6) is 0 Å². The molecule has 6 heteroatoms. The highest BCUT2D eigenvalue weighted by atomic mass is 32.2. The Labute approximate surface area is 121 Å². The Morgan fingerprint density at radius 2 is 2.15 bits per heavy atom. The number of thioether (sulfide) groups is 1. The van der Waals surface area contributed by atoms with Crippen LogP contribution in [-0.2, 0) is 11.2 Å². The number of nitrogens with one attached hydrogen (secondary N) is 1. The maximum Gasteiger partial charge on any atom is 0.213 e. The lowest BCUT2D eigenvalue weighted by molar-refractivity contribution is -0.297. The number of aryl methyl sites for hydroxylation is 1. The molecule has 20 heavy (non-hydrogen) atoms. The van der Waals surface area contributed by atoms with Gasteiger partial charge in [-0.05, 0) is 29.8 Å². The van der Waals surface area contributed by atoms with E-state index < -0.39 is 5.97 Å². The van der Waals surface area contributed by atoms with Crippen LogP contribution in [0.15, 0.2) is 40.4 Å². The zero-order valence-electron chi connectivity index (χ0n) is 11.0. The van der Waals surface area contributed by atoms with Crippen molar-refractivity contribution in [3.05, 3.63) is 46.6 Å². The number of aromatic nitrogens is 3. The van der Waals surface area contributed by atoms with Crippen molar-refractivity contribution < 1.29 is 9.90 Å². The van der Waals surface area contributed by atoms with Gasteiger partial charge in [-0.15, -0.1) is 5.10 Å². The molecule has 104 valence electrons. The van der Waals surface area contributed by atoms with Crippen LogP contribution in [0.3, 0.4) is 0 Å². The summed E-state index contributed by atoms with van der Waals surface area (Å²) in [4.78, 5) is 15.5. The summed E-state index contributed by atoms with van der Waals surface area (Å²) in [6.07, 6.45) is 3.29. The van der Waals surface area contributed by atoms with E-state index in [2.05, 4.69) is 15.2 Å². The van der Waals surface area contributed by atoms with Crippen molar-refractivity contribution in [2.24, 2.45) is 0 Å². The Morgan fingerprint density at radius 1 is 1.40 bits per heavy atom. The number of benzene rings is 1. The van der Waals surface area contributed by atoms with Crippen LogP contribution in [0, 0.1) is 0 Å². The molecule has 0 fully saturated rings. The fraction of sp³-hybridized carbons (Fsp3) is 0.214. The minimum absolute atomic E-state index is 0.0817. The highest BCUT2D eigenvalue weighted by Crippen LogP contribution is 2.25. The minimum atomic E-state index is -1.24. The third kappa shape index (κ3) is 3.96. The van der Waals surface area contributed by atoms with Gasteiger partial charge < -0.3 is 9.90 Å². The SMILES string of the molecule is CCCc1nc(S/C(=C\c2ccccc2)C(=O)[O-])n[nH]1. The first-order valence-electron chi connectivity index (χ1n) is 6.26. The van der Waals surface area contributed by atoms with Crippen LogP contribution in [0.25, 0.3) is 6.08 Å². The molecule has 0 amide bonds. The number of hydrogen-bond acceptors (Lipinski definition) is 5. The van der Waals surface area contributed by atoms with E-state index in [1.807, 2.05) is 37.3 Å². The van der Waals surface area contributed by atoms with Crippen LogP contribution in [0.2, 0.25) is 0 Å². The quantitative estimate of drug-likeness (QED) is 0.645. The lowest BCUT2D eigenvalue weighted by Crippen LogP contribution is -2.23. The van der Waals surface area contributed by atoms with Crippen molar-refractivity contribution >= 4 is 23.8 Å². The van der Waals surface area contributed by atoms with Gasteiger partial charge in [-0.25, -0.2) is 4.98 Å². The predicted molar refractivity (Wildman–Crippen MR) is 75.7 cm³/mol. The third-order valence-electron chi connectivity index (χ3n) is 2.50. The highest BCUT2D eigenvalue weighted by Gasteiger charge is 2.08. The first-order valence-corrected chi connectivity index (χ1v) is 7.08. The molecule has 0 bridgehead atoms. The second-order valence-electron chi connectivity index (χ2n) is 4.12. The number of hydrogen-bond donors (Lipinski definition) is 1. The number of H-pyrrole nitrogens is 1. The summed E-state index contributed by atoms with van der Waals surface area (Å²) < 4.78 is 0. The summed E-state index contributed by atoms with van der Waals surface area (Å²) in [5, 5.41) is 18.3. The number of carboxylic acid groups (broad SMARTS) is 1. The number of carboxylic acids is 1. The molecular formula is C14H14N3O2S-. The smallest absolute Gasteiger partial charge is 0.213 e. The Morgan fingerprint density at radius 3 is 2.80 bits per heavy atom. The van der Waals surface area contributed by atoms with E-state index in [1.165, 1.54) is 0 Å². The van der Waals surface area contributed by atoms with Gasteiger partial charge in [0.2, 0.25) is 5.16 Å². The number of carbonyl (C=O) groups excluding carboxylic acids is 1. The van der Waals surface area contributed by atoms with Crippen molar-refractivity contribution in [3.8, 4) is 0 Å². The molecule has 0 radical (unpaired) electrons. The van der Waals surface area contributed by atoms with Crippen molar-refractivity contribution in [1.29, 1.82) is 0 Å². The zero-order valence-corrected chi connectivity index (χ0v) is 11.8. The molecule has 2 aromatic rings. The standard InChI is InChI=1S/C14H15N3O2S/c1-2-6-12-15-14(17-16-12)20-11(13(18)19)9-10-7-4-3-5-8-10/h3-5,7-9H,2,6H2,1H3,(H,18,19)(H,15,16,17)/p-1/b11-9-. The summed E-state index contributed by atoms with van der Waals surface area (Å²) in [6, 6.07) is 9.20. The lowest BCUT2D eigenvalue weighted by atomic mass is 10.2. The van der Waals surface area contributed by atoms with Crippen molar-refractivity contribution in [3.63, 3.8) is 0 Å². The maximum absolute atomic E-state index is 11.2. The van der Waals surface area contributed by atoms with Gasteiger partial charge in [-0.2, -0.15) is 0 Å². The molecule has 0 unspecified atom stereocenters. The molecule has 1 aromatic carbocycles. The minimum Gasteiger partial charge on any atom is -0.544 e. The molecule has 1 N–H and O–H groups in total. The largest absolute Gasteiger partial charge is 0.544 e. The second-order valence-corrected chi connectivity index (χ2v) is 5.13. The van der Waals surface area contributed by atoms with E-state index >= 15 is 0 Å². The molecule has 0 spiro atoms. The molecular weight excluding hydrogens is 274 g/mol. The van der Waals surface area contributed by atoms with Gasteiger partial charge in [0.15, 0.2) is 0 Å². The number of aliphatic carboxylic acids is 1. The van der Waals surface area contributed by atoms with Crippen LogP contribution in [0.1, 0.15) is 24.7 Å². The fourth-order valence-corrected chi connectivity index (χ4v) is 2.32. The third-order valence-corrected chi connectivity index (χ3v) is 3.37. The fourth-order valence-electron chi connectivity index (χ4n) is 1.60. The number of aromatic amines is 1. The Hall–Kier alpha value is -2.08. The number of nitrogens with zero attached hydrogens (tertiary/aromatic N) is 2. The Kier molecular flexibility index (Phi) is 4.95. The van der Waals surface area contributed by atoms with Gasteiger partial charge in [-0.3, -0.25) is 5.10 Å². The first kappa shape index (κ1) is 14.3. The van der Waals surface area contributed by atoms with Gasteiger partial charge >= 0.3 is 0 Å². The number of rotatable bonds is 6. The average molecular weight is 288 g/mol. The van der Waals surface area contributed by atoms with E-state index in [1.54, 1.807) is 6.08 Å². The van der Waals surface area contributed by atoms with Gasteiger partial charge in [-0.1, -0.05) is 37.3 Å². The Bertz CT molecular complexity index is 608. The van der Waals surface area contributed by atoms with Crippen LogP contribution < -0.4 is 5.11 Å². The summed E-state index contributed by atoms with van der Waals surface area (Å²) in [7, 11) is 0. The van der Waals surface area contributed by atoms with E-state index in [9.17, 15) is 9.90 Å². The summed E-state index contributed by atoms with van der Waals surface area (Å²) in [6.45, 7) is 2.04. The van der Waals surface area contributed by atoms with Gasteiger partial charge in [0.05, 0.1) is 5.97 Å². The van der Waals surface area contributed by atoms with Crippen LogP contribution in [-0.4, -0.2) is 21.2 Å². The molecule has 5 nitrogen and oxygen atoms in total. The van der Waals surface area contributed by atoms with Crippen molar-refractivity contribution in [2.75, 3.05) is 0 Å². The van der Waals surface area contributed by atoms with Crippen molar-refractivity contribution in [1.82, 2.24) is 15.2 Å². The van der Waals surface area contributed by atoms with E-state index in [4.69, 9.17) is 0 Å².